The number of carbonyl (C=O) groups is 1. The number of ether oxygens (including phenoxy) is 2. The van der Waals surface area contributed by atoms with Gasteiger partial charge in [-0.15, -0.1) is 0 Å². The van der Waals surface area contributed by atoms with E-state index < -0.39 is 5.60 Å². The molecule has 25 heavy (non-hydrogen) atoms. The van der Waals surface area contributed by atoms with E-state index in [0.717, 1.165) is 31.2 Å². The molecule has 2 rings (SSSR count). The van der Waals surface area contributed by atoms with Gasteiger partial charge in [-0.25, -0.2) is 4.79 Å². The molecule has 1 aromatic rings. The summed E-state index contributed by atoms with van der Waals surface area (Å²) in [7, 11) is 0. The monoisotopic (exact) mass is 364 g/mol. The average Bonchev–Trinajstić information content (AvgIpc) is 2.52. The fourth-order valence-corrected chi connectivity index (χ4v) is 3.06. The quantitative estimate of drug-likeness (QED) is 0.841. The molecule has 1 N–H and O–H groups in total. The third-order valence-corrected chi connectivity index (χ3v) is 4.63. The Bertz CT molecular complexity index is 668. The van der Waals surface area contributed by atoms with E-state index in [0.29, 0.717) is 16.3 Å². The number of rotatable bonds is 3. The van der Waals surface area contributed by atoms with Crippen molar-refractivity contribution >= 4 is 17.7 Å². The fourth-order valence-electron chi connectivity index (χ4n) is 2.86. The van der Waals surface area contributed by atoms with Crippen LogP contribution in [-0.2, 0) is 4.74 Å². The van der Waals surface area contributed by atoms with Crippen LogP contribution in [0.2, 0.25) is 5.02 Å². The van der Waals surface area contributed by atoms with E-state index in [1.54, 1.807) is 12.1 Å². The minimum atomic E-state index is -0.489. The van der Waals surface area contributed by atoms with Gasteiger partial charge in [0.15, 0.2) is 0 Å². The lowest BCUT2D eigenvalue weighted by molar-refractivity contribution is 0.0470. The highest BCUT2D eigenvalue weighted by atomic mass is 35.5. The van der Waals surface area contributed by atoms with Gasteiger partial charge in [0.1, 0.15) is 17.4 Å². The number of hydrogen-bond acceptors (Lipinski definition) is 4. The highest BCUT2D eigenvalue weighted by Gasteiger charge is 2.26. The maximum absolute atomic E-state index is 11.8. The Labute approximate surface area is 154 Å². The van der Waals surface area contributed by atoms with Crippen LogP contribution >= 0.6 is 11.6 Å². The lowest BCUT2D eigenvalue weighted by atomic mass is 9.93. The van der Waals surface area contributed by atoms with Crippen LogP contribution in [0.1, 0.15) is 57.6 Å². The number of hydrogen-bond donors (Lipinski definition) is 1. The molecule has 0 saturated heterocycles. The van der Waals surface area contributed by atoms with Crippen molar-refractivity contribution < 1.29 is 14.3 Å². The maximum Gasteiger partial charge on any atom is 0.407 e. The third-order valence-electron chi connectivity index (χ3n) is 4.15. The summed E-state index contributed by atoms with van der Waals surface area (Å²) in [6.45, 7) is 7.40. The van der Waals surface area contributed by atoms with Gasteiger partial charge in [-0.1, -0.05) is 11.6 Å². The van der Waals surface area contributed by atoms with Crippen molar-refractivity contribution in [3.05, 3.63) is 28.3 Å². The molecule has 0 unspecified atom stereocenters. The SMILES string of the molecule is Cc1c(OC2CCC(NC(=O)OC(C)(C)C)CC2)ccc(C#N)c1Cl. The summed E-state index contributed by atoms with van der Waals surface area (Å²) >= 11 is 6.19. The summed E-state index contributed by atoms with van der Waals surface area (Å²) < 4.78 is 11.4. The van der Waals surface area contributed by atoms with Crippen molar-refractivity contribution in [3.63, 3.8) is 0 Å². The molecule has 0 spiro atoms. The number of carbonyl (C=O) groups excluding carboxylic acids is 1. The molecule has 136 valence electrons. The van der Waals surface area contributed by atoms with E-state index in [4.69, 9.17) is 26.3 Å². The Morgan fingerprint density at radius 2 is 1.92 bits per heavy atom. The molecule has 1 fully saturated rings. The number of nitriles is 1. The van der Waals surface area contributed by atoms with Gasteiger partial charge in [-0.05, 0) is 65.5 Å². The van der Waals surface area contributed by atoms with Crippen LogP contribution in [0.15, 0.2) is 12.1 Å². The number of alkyl carbamates (subject to hydrolysis) is 1. The van der Waals surface area contributed by atoms with Crippen LogP contribution in [-0.4, -0.2) is 23.8 Å². The number of nitrogens with one attached hydrogen (secondary N) is 1. The number of halogens is 1. The van der Waals surface area contributed by atoms with Crippen molar-refractivity contribution in [2.45, 2.75) is 71.1 Å². The van der Waals surface area contributed by atoms with E-state index in [9.17, 15) is 4.79 Å². The summed E-state index contributed by atoms with van der Waals surface area (Å²) in [5.41, 5.74) is 0.753. The van der Waals surface area contributed by atoms with Crippen molar-refractivity contribution in [3.8, 4) is 11.8 Å². The molecule has 1 aliphatic rings. The summed E-state index contributed by atoms with van der Waals surface area (Å²) in [6, 6.07) is 5.66. The molecular formula is C19H25ClN2O3. The van der Waals surface area contributed by atoms with Crippen LogP contribution in [0.3, 0.4) is 0 Å². The fraction of sp³-hybridized carbons (Fsp3) is 0.579. The minimum absolute atomic E-state index is 0.0828. The van der Waals surface area contributed by atoms with E-state index in [1.807, 2.05) is 27.7 Å². The maximum atomic E-state index is 11.8. The molecule has 0 aliphatic heterocycles. The standard InChI is InChI=1S/C19H25ClN2O3/c1-12-16(10-5-13(11-21)17(12)20)24-15-8-6-14(7-9-15)22-18(23)25-19(2,3)4/h5,10,14-15H,6-9H2,1-4H3,(H,22,23). The van der Waals surface area contributed by atoms with Crippen LogP contribution in [0.25, 0.3) is 0 Å². The first kappa shape index (κ1) is 19.4. The highest BCUT2D eigenvalue weighted by molar-refractivity contribution is 6.32. The molecule has 1 aliphatic carbocycles. The summed E-state index contributed by atoms with van der Waals surface area (Å²) in [6.07, 6.45) is 3.08. The first-order valence-electron chi connectivity index (χ1n) is 8.55. The number of benzene rings is 1. The molecule has 0 bridgehead atoms. The molecule has 1 amide bonds. The van der Waals surface area contributed by atoms with E-state index >= 15 is 0 Å². The van der Waals surface area contributed by atoms with Crippen LogP contribution in [0, 0.1) is 18.3 Å². The Hall–Kier alpha value is -1.93. The molecule has 1 aromatic carbocycles. The van der Waals surface area contributed by atoms with Crippen LogP contribution in [0.5, 0.6) is 5.75 Å². The molecule has 0 atom stereocenters. The van der Waals surface area contributed by atoms with Crippen LogP contribution in [0.4, 0.5) is 4.79 Å². The zero-order chi connectivity index (χ0) is 18.6. The molecule has 1 saturated carbocycles. The van der Waals surface area contributed by atoms with Gasteiger partial charge in [0.2, 0.25) is 0 Å². The first-order valence-corrected chi connectivity index (χ1v) is 8.93. The summed E-state index contributed by atoms with van der Waals surface area (Å²) in [4.78, 5) is 11.8. The predicted molar refractivity (Wildman–Crippen MR) is 96.9 cm³/mol. The Morgan fingerprint density at radius 1 is 1.28 bits per heavy atom. The van der Waals surface area contributed by atoms with E-state index in [2.05, 4.69) is 11.4 Å². The van der Waals surface area contributed by atoms with Crippen molar-refractivity contribution in [2.75, 3.05) is 0 Å². The lowest BCUT2D eigenvalue weighted by Gasteiger charge is -2.30. The third kappa shape index (κ3) is 5.54. The summed E-state index contributed by atoms with van der Waals surface area (Å²) in [5.74, 6) is 0.715. The van der Waals surface area contributed by atoms with Gasteiger partial charge in [0.25, 0.3) is 0 Å². The van der Waals surface area contributed by atoms with E-state index in [-0.39, 0.29) is 18.2 Å². The average molecular weight is 365 g/mol. The molecular weight excluding hydrogens is 340 g/mol. The van der Waals surface area contributed by atoms with Crippen molar-refractivity contribution in [1.82, 2.24) is 5.32 Å². The van der Waals surface area contributed by atoms with Gasteiger partial charge in [-0.2, -0.15) is 5.26 Å². The molecule has 0 aromatic heterocycles. The smallest absolute Gasteiger partial charge is 0.407 e. The Morgan fingerprint density at radius 3 is 2.48 bits per heavy atom. The van der Waals surface area contributed by atoms with Crippen LogP contribution < -0.4 is 10.1 Å². The Kier molecular flexibility index (Phi) is 6.18. The van der Waals surface area contributed by atoms with Gasteiger partial charge in [0, 0.05) is 11.6 Å². The molecule has 6 heteroatoms. The first-order chi connectivity index (χ1) is 11.7. The zero-order valence-corrected chi connectivity index (χ0v) is 15.9. The topological polar surface area (TPSA) is 71.3 Å². The number of nitrogens with zero attached hydrogens (tertiary/aromatic N) is 1. The lowest BCUT2D eigenvalue weighted by Crippen LogP contribution is -2.42. The highest BCUT2D eigenvalue weighted by Crippen LogP contribution is 2.31. The predicted octanol–water partition coefficient (Wildman–Crippen LogP) is 4.73. The van der Waals surface area contributed by atoms with Crippen molar-refractivity contribution in [1.29, 1.82) is 5.26 Å². The van der Waals surface area contributed by atoms with Gasteiger partial charge in [-0.3, -0.25) is 0 Å². The second-order valence-electron chi connectivity index (χ2n) is 7.40. The van der Waals surface area contributed by atoms with Gasteiger partial charge >= 0.3 is 6.09 Å². The Balaban J connectivity index is 1.86. The minimum Gasteiger partial charge on any atom is -0.490 e. The van der Waals surface area contributed by atoms with E-state index in [1.165, 1.54) is 0 Å². The molecule has 0 heterocycles. The molecule has 5 nitrogen and oxygen atoms in total. The van der Waals surface area contributed by atoms with Gasteiger partial charge in [0.05, 0.1) is 16.7 Å². The largest absolute Gasteiger partial charge is 0.490 e. The molecule has 0 radical (unpaired) electrons. The normalized spacial score (nSPS) is 20.5. The second-order valence-corrected chi connectivity index (χ2v) is 7.78. The summed E-state index contributed by atoms with van der Waals surface area (Å²) in [5, 5.41) is 12.4. The van der Waals surface area contributed by atoms with Crippen molar-refractivity contribution in [2.24, 2.45) is 0 Å². The van der Waals surface area contributed by atoms with Gasteiger partial charge < -0.3 is 14.8 Å². The zero-order valence-electron chi connectivity index (χ0n) is 15.2. The number of amides is 1. The second kappa shape index (κ2) is 7.97.